The number of fused-ring (bicyclic) bond motifs is 4. The zero-order chi connectivity index (χ0) is 64.3. The molecule has 0 radical (unpaired) electrons. The molecule has 0 aromatic rings. The smallest absolute Gasteiger partial charge is 0.397 e. The summed E-state index contributed by atoms with van der Waals surface area (Å²) in [6.07, 6.45) is -36.1. The second-order valence-electron chi connectivity index (χ2n) is 27.4. The van der Waals surface area contributed by atoms with Crippen molar-refractivity contribution in [3.05, 3.63) is 23.8 Å². The molecule has 502 valence electrons. The number of allylic oxidation sites excluding steroid dienone is 3. The normalized spacial score (nSPS) is 51.1. The lowest BCUT2D eigenvalue weighted by molar-refractivity contribution is -0.403. The van der Waals surface area contributed by atoms with Gasteiger partial charge in [-0.2, -0.15) is 8.42 Å². The van der Waals surface area contributed by atoms with Crippen molar-refractivity contribution in [2.75, 3.05) is 26.4 Å². The maximum Gasteiger partial charge on any atom is 0.397 e. The lowest BCUT2D eigenvalue weighted by Crippen LogP contribution is -2.68. The molecule has 6 aliphatic heterocycles. The molecular formula is C58H90O29S. The number of Topliss-reactive ketones (excluding diaryl/α,β-unsaturated/α-hetero) is 1. The Morgan fingerprint density at radius 3 is 1.93 bits per heavy atom. The number of ketones is 1. The molecule has 10 rings (SSSR count). The third kappa shape index (κ3) is 11.8. The van der Waals surface area contributed by atoms with Gasteiger partial charge in [-0.1, -0.05) is 44.9 Å². The Hall–Kier alpha value is -2.39. The number of aliphatic hydroxyl groups is 12. The first-order chi connectivity index (χ1) is 41.2. The molecule has 10 aliphatic rings. The van der Waals surface area contributed by atoms with Crippen LogP contribution in [0, 0.1) is 39.4 Å². The van der Waals surface area contributed by atoms with Gasteiger partial charge in [-0.05, 0) is 94.8 Å². The molecule has 0 aromatic carbocycles. The van der Waals surface area contributed by atoms with E-state index in [2.05, 4.69) is 26.5 Å². The first-order valence-electron chi connectivity index (χ1n) is 30.4. The van der Waals surface area contributed by atoms with E-state index in [0.29, 0.717) is 38.5 Å². The van der Waals surface area contributed by atoms with Crippen LogP contribution in [0.15, 0.2) is 23.8 Å². The highest BCUT2D eigenvalue weighted by Crippen LogP contribution is 2.75. The number of esters is 1. The summed E-state index contributed by atoms with van der Waals surface area (Å²) in [4.78, 5) is 28.9. The summed E-state index contributed by atoms with van der Waals surface area (Å²) in [5.41, 5.74) is -1.76. The number of cyclic esters (lactones) is 1. The molecule has 31 unspecified atom stereocenters. The van der Waals surface area contributed by atoms with Gasteiger partial charge in [0.15, 0.2) is 31.5 Å². The van der Waals surface area contributed by atoms with E-state index in [0.717, 1.165) is 24.0 Å². The Morgan fingerprint density at radius 1 is 0.670 bits per heavy atom. The van der Waals surface area contributed by atoms with Crippen molar-refractivity contribution in [2.45, 2.75) is 259 Å². The molecular weight excluding hydrogens is 1190 g/mol. The van der Waals surface area contributed by atoms with Crippen LogP contribution < -0.4 is 0 Å². The van der Waals surface area contributed by atoms with Gasteiger partial charge in [0.1, 0.15) is 115 Å². The predicted molar refractivity (Wildman–Crippen MR) is 293 cm³/mol. The lowest BCUT2D eigenvalue weighted by atomic mass is 9.41. The van der Waals surface area contributed by atoms with Crippen LogP contribution in [0.3, 0.4) is 0 Å². The summed E-state index contributed by atoms with van der Waals surface area (Å²) in [6.45, 7) is 14.5. The monoisotopic (exact) mass is 1280 g/mol. The Bertz CT molecular complexity index is 2680. The Kier molecular flexibility index (Phi) is 19.8. The van der Waals surface area contributed by atoms with Crippen LogP contribution in [0.5, 0.6) is 0 Å². The maximum absolute atomic E-state index is 14.5. The summed E-state index contributed by atoms with van der Waals surface area (Å²) < 4.78 is 106. The van der Waals surface area contributed by atoms with Crippen molar-refractivity contribution in [2.24, 2.45) is 39.4 Å². The van der Waals surface area contributed by atoms with E-state index >= 15 is 0 Å². The predicted octanol–water partition coefficient (Wildman–Crippen LogP) is -2.57. The van der Waals surface area contributed by atoms with E-state index < -0.39 is 212 Å². The number of carbonyl (C=O) groups is 2. The average Bonchev–Trinajstić information content (AvgIpc) is 1.46. The fraction of sp³-hybridized carbons (Fsp3) is 0.897. The van der Waals surface area contributed by atoms with Crippen LogP contribution in [0.25, 0.3) is 0 Å². The van der Waals surface area contributed by atoms with Gasteiger partial charge < -0.3 is 113 Å². The topological polar surface area (TPSA) is 442 Å². The van der Waals surface area contributed by atoms with Crippen LogP contribution in [0.4, 0.5) is 0 Å². The number of ether oxygens (including phenoxy) is 11. The number of rotatable bonds is 18. The van der Waals surface area contributed by atoms with Crippen LogP contribution in [-0.2, 0) is 76.3 Å². The standard InChI is InChI=1S/C58H90O29S/c1-23(2)10-9-15-57(8)47-27(61)18-56(7)26-11-12-32-54(4,5)33(14-16-55(32,6)25(26)13-17-58(47,56)53(72)86-57)81-51-45(37(66)31(22-77-51)87-88(73,74)75)85-52-46(84-48-39(68)34(63)28(62)21-76-48)41(70)43(24(3)78-52)82-50-42(71)44(36(65)30(20-60)80-50)83-49-40(69)38(67)35(64)29(19-59)79-49/h11,24-25,28-52,59-60,62-71H,1,9-10,12-22H2,2-8H3,(H,73,74,75). The first kappa shape index (κ1) is 68.5. The molecule has 0 amide bonds. The van der Waals surface area contributed by atoms with Crippen molar-refractivity contribution in [1.82, 2.24) is 0 Å². The molecule has 13 N–H and O–H groups in total. The van der Waals surface area contributed by atoms with Crippen LogP contribution in [0.2, 0.25) is 0 Å². The minimum absolute atomic E-state index is 0.0292. The molecule has 9 fully saturated rings. The summed E-state index contributed by atoms with van der Waals surface area (Å²) >= 11 is 0. The number of hydrogen-bond acceptors (Lipinski definition) is 28. The maximum atomic E-state index is 14.5. The van der Waals surface area contributed by atoms with Gasteiger partial charge >= 0.3 is 16.4 Å². The highest BCUT2D eigenvalue weighted by molar-refractivity contribution is 7.80. The van der Waals surface area contributed by atoms with Gasteiger partial charge in [0.05, 0.1) is 50.0 Å². The van der Waals surface area contributed by atoms with Crippen LogP contribution in [0.1, 0.15) is 106 Å². The van der Waals surface area contributed by atoms with E-state index in [4.69, 9.17) is 56.3 Å². The molecule has 29 nitrogen and oxygen atoms in total. The molecule has 6 saturated heterocycles. The van der Waals surface area contributed by atoms with Gasteiger partial charge in [-0.15, -0.1) is 6.58 Å². The third-order valence-electron chi connectivity index (χ3n) is 21.6. The highest BCUT2D eigenvalue weighted by Gasteiger charge is 2.79. The summed E-state index contributed by atoms with van der Waals surface area (Å²) in [7, 11) is -5.28. The molecule has 1 spiro atoms. The van der Waals surface area contributed by atoms with E-state index in [1.54, 1.807) is 0 Å². The Labute approximate surface area is 509 Å². The highest BCUT2D eigenvalue weighted by atomic mass is 32.3. The lowest BCUT2D eigenvalue weighted by Gasteiger charge is -2.63. The van der Waals surface area contributed by atoms with E-state index in [9.17, 15) is 83.8 Å². The Morgan fingerprint density at radius 2 is 1.27 bits per heavy atom. The van der Waals surface area contributed by atoms with E-state index in [1.165, 1.54) is 6.92 Å². The van der Waals surface area contributed by atoms with E-state index in [1.807, 2.05) is 27.7 Å². The zero-order valence-corrected chi connectivity index (χ0v) is 51.1. The fourth-order valence-corrected chi connectivity index (χ4v) is 17.5. The minimum atomic E-state index is -5.28. The molecule has 88 heavy (non-hydrogen) atoms. The van der Waals surface area contributed by atoms with Crippen molar-refractivity contribution >= 4 is 22.2 Å². The van der Waals surface area contributed by atoms with Crippen molar-refractivity contribution < 1.29 is 140 Å². The zero-order valence-electron chi connectivity index (χ0n) is 50.3. The van der Waals surface area contributed by atoms with Gasteiger partial charge in [0.2, 0.25) is 0 Å². The SMILES string of the molecule is C=C(C)CCCC1(C)OC(=O)C23CCC4C(=CCC5C(C)(C)C(OC6OCC(OS(=O)(=O)O)C(O)C6OC6OC(C)C(OC7OC(CO)C(O)C(OC8OC(CO)C(O)C(O)C8O)C7O)C(O)C6OC6OCC(O)C(O)C6O)CCC45C)C2(C)CC(=O)C13. The summed E-state index contributed by atoms with van der Waals surface area (Å²) in [5, 5.41) is 131. The third-order valence-corrected chi connectivity index (χ3v) is 22.1. The number of hydrogen-bond donors (Lipinski definition) is 13. The summed E-state index contributed by atoms with van der Waals surface area (Å²) in [6, 6.07) is 0. The number of carbonyl (C=O) groups excluding carboxylic acids is 2. The van der Waals surface area contributed by atoms with Gasteiger partial charge in [-0.3, -0.25) is 14.1 Å². The van der Waals surface area contributed by atoms with Gasteiger partial charge in [-0.25, -0.2) is 4.18 Å². The average molecular weight is 1280 g/mol. The quantitative estimate of drug-likeness (QED) is 0.0381. The van der Waals surface area contributed by atoms with E-state index in [-0.39, 0.29) is 35.4 Å². The van der Waals surface area contributed by atoms with Gasteiger partial charge in [0, 0.05) is 11.8 Å². The molecule has 6 heterocycles. The largest absolute Gasteiger partial charge is 0.458 e. The van der Waals surface area contributed by atoms with Crippen LogP contribution in [-0.4, -0.2) is 265 Å². The van der Waals surface area contributed by atoms with Crippen LogP contribution >= 0.6 is 0 Å². The molecule has 0 bridgehead atoms. The fourth-order valence-electron chi connectivity index (χ4n) is 17.0. The number of aliphatic hydroxyl groups excluding tert-OH is 12. The second kappa shape index (κ2) is 25.4. The Balaban J connectivity index is 0.908. The van der Waals surface area contributed by atoms with Crippen molar-refractivity contribution in [1.29, 1.82) is 0 Å². The molecule has 0 aromatic heterocycles. The molecule has 30 heteroatoms. The first-order valence-corrected chi connectivity index (χ1v) is 31.8. The van der Waals surface area contributed by atoms with Crippen molar-refractivity contribution in [3.8, 4) is 0 Å². The van der Waals surface area contributed by atoms with Gasteiger partial charge in [0.25, 0.3) is 0 Å². The summed E-state index contributed by atoms with van der Waals surface area (Å²) in [5.74, 6) is -1.000. The van der Waals surface area contributed by atoms with Crippen molar-refractivity contribution in [3.63, 3.8) is 0 Å². The second-order valence-corrected chi connectivity index (χ2v) is 28.5. The molecule has 4 aliphatic carbocycles. The minimum Gasteiger partial charge on any atom is -0.458 e. The molecule has 31 atom stereocenters. The molecule has 3 saturated carbocycles.